The summed E-state index contributed by atoms with van der Waals surface area (Å²) in [6, 6.07) is 128. The van der Waals surface area contributed by atoms with Gasteiger partial charge >= 0.3 is 0 Å². The molecule has 0 amide bonds. The molecule has 4 heterocycles. The summed E-state index contributed by atoms with van der Waals surface area (Å²) in [6.45, 7) is 0. The normalized spacial score (nSPS) is 12.0. The van der Waals surface area contributed by atoms with Crippen LogP contribution in [-0.2, 0) is 0 Å². The third-order valence-corrected chi connectivity index (χ3v) is 28.1. The Kier molecular flexibility index (Phi) is 12.5. The SMILES string of the molecule is c1ccc(-n2c3ccccc3c3c2ccc2c4ccccc4n(-c4cc(-c5ccc([Si](c6ccccc6)(c6ccccc6)c6ccccc6)cc5)nc(-n5c6ccccc6c6ccc([Si](c7ccccc7)(c7ccccc7)c7ccccc7)cc65)n4)c23)cc1. The first-order chi connectivity index (χ1) is 44.2. The molecule has 0 radical (unpaired) electrons. The Morgan fingerprint density at radius 1 is 0.236 bits per heavy atom. The van der Waals surface area contributed by atoms with E-state index in [9.17, 15) is 0 Å². The Morgan fingerprint density at radius 3 is 1.11 bits per heavy atom. The molecular formula is C82H57N5Si2. The average molecular weight is 1170 g/mol. The van der Waals surface area contributed by atoms with Gasteiger partial charge in [-0.3, -0.25) is 9.13 Å². The molecule has 0 aliphatic rings. The molecule has 0 atom stereocenters. The molecule has 0 aliphatic carbocycles. The minimum absolute atomic E-state index is 0.586. The first kappa shape index (κ1) is 52.1. The largest absolute Gasteiger partial charge is 0.309 e. The van der Waals surface area contributed by atoms with Gasteiger partial charge in [0.05, 0.1) is 38.8 Å². The van der Waals surface area contributed by atoms with Gasteiger partial charge in [-0.15, -0.1) is 0 Å². The lowest BCUT2D eigenvalue weighted by atomic mass is 10.1. The predicted octanol–water partition coefficient (Wildman–Crippen LogP) is 14.2. The maximum Gasteiger partial charge on any atom is 0.237 e. The van der Waals surface area contributed by atoms with Crippen LogP contribution in [0.4, 0.5) is 0 Å². The van der Waals surface area contributed by atoms with E-state index >= 15 is 0 Å². The summed E-state index contributed by atoms with van der Waals surface area (Å²) in [6.07, 6.45) is 0. The van der Waals surface area contributed by atoms with Crippen LogP contribution in [0, 0.1) is 0 Å². The first-order valence-corrected chi connectivity index (χ1v) is 34.6. The standard InChI is InChI=1S/C82H57N5Si2/c1-8-28-59(29-9-1)85-76-47-27-24-44-72(76)80-77(85)55-54-71-69-43-23-26-46-75(69)87(81(71)80)79-57-73(58-48-50-66(51-49-58)88(60-30-10-2-11-31-60,61-32-12-3-13-33-61)62-34-14-4-15-35-62)83-82(84-79)86-74-45-25-22-42-68(74)70-53-52-67(56-78(70)86)89(63-36-16-5-17-37-63,64-38-18-6-19-39-64)65-40-20-7-21-41-65/h1-57H. The van der Waals surface area contributed by atoms with Gasteiger partial charge in [0.15, 0.2) is 16.1 Å². The predicted molar refractivity (Wildman–Crippen MR) is 378 cm³/mol. The molecule has 0 bridgehead atoms. The van der Waals surface area contributed by atoms with E-state index in [1.807, 2.05) is 0 Å². The van der Waals surface area contributed by atoms with Crippen LogP contribution in [-0.4, -0.2) is 39.8 Å². The van der Waals surface area contributed by atoms with Gasteiger partial charge in [-0.1, -0.05) is 297 Å². The molecule has 0 N–H and O–H groups in total. The third kappa shape index (κ3) is 8.13. The fourth-order valence-electron chi connectivity index (χ4n) is 14.8. The Morgan fingerprint density at radius 2 is 0.607 bits per heavy atom. The summed E-state index contributed by atoms with van der Waals surface area (Å²) in [5.74, 6) is 1.36. The fraction of sp³-hybridized carbons (Fsp3) is 0. The van der Waals surface area contributed by atoms with Gasteiger partial charge in [0.1, 0.15) is 5.82 Å². The van der Waals surface area contributed by atoms with E-state index in [0.717, 1.165) is 77.4 Å². The Balaban J connectivity index is 0.974. The molecule has 0 aliphatic heterocycles. The van der Waals surface area contributed by atoms with Gasteiger partial charge in [0.2, 0.25) is 5.95 Å². The molecule has 418 valence electrons. The molecule has 17 rings (SSSR count). The minimum Gasteiger partial charge on any atom is -0.309 e. The maximum absolute atomic E-state index is 5.96. The van der Waals surface area contributed by atoms with E-state index in [4.69, 9.17) is 9.97 Å². The summed E-state index contributed by atoms with van der Waals surface area (Å²) in [7, 11) is -5.85. The number of para-hydroxylation sites is 4. The Hall–Kier alpha value is -11.2. The van der Waals surface area contributed by atoms with Crippen molar-refractivity contribution in [3.05, 3.63) is 346 Å². The van der Waals surface area contributed by atoms with Crippen LogP contribution >= 0.6 is 0 Å². The number of rotatable bonds is 12. The number of nitrogens with zero attached hydrogens (tertiary/aromatic N) is 5. The van der Waals surface area contributed by atoms with Crippen LogP contribution in [0.2, 0.25) is 0 Å². The van der Waals surface area contributed by atoms with Crippen molar-refractivity contribution in [3.8, 4) is 28.7 Å². The molecule has 13 aromatic carbocycles. The second-order valence-electron chi connectivity index (χ2n) is 23.2. The van der Waals surface area contributed by atoms with E-state index in [-0.39, 0.29) is 0 Å². The van der Waals surface area contributed by atoms with Crippen molar-refractivity contribution in [1.82, 2.24) is 23.7 Å². The molecule has 0 unspecified atom stereocenters. The van der Waals surface area contributed by atoms with Crippen molar-refractivity contribution in [2.24, 2.45) is 0 Å². The third-order valence-electron chi connectivity index (χ3n) is 18.6. The number of hydrogen-bond acceptors (Lipinski definition) is 2. The second-order valence-corrected chi connectivity index (χ2v) is 30.8. The van der Waals surface area contributed by atoms with Gasteiger partial charge in [-0.2, -0.15) is 4.98 Å². The second kappa shape index (κ2) is 21.3. The molecule has 0 saturated heterocycles. The topological polar surface area (TPSA) is 40.6 Å². The number of hydrogen-bond donors (Lipinski definition) is 0. The molecular weight excluding hydrogens is 1110 g/mol. The molecule has 7 heteroatoms. The summed E-state index contributed by atoms with van der Waals surface area (Å²) in [4.78, 5) is 11.8. The number of aromatic nitrogens is 5. The Labute approximate surface area is 518 Å². The number of benzene rings is 13. The van der Waals surface area contributed by atoms with Crippen LogP contribution in [0.1, 0.15) is 0 Å². The van der Waals surface area contributed by atoms with E-state index in [2.05, 4.69) is 359 Å². The van der Waals surface area contributed by atoms with Crippen molar-refractivity contribution in [2.45, 2.75) is 0 Å². The zero-order valence-electron chi connectivity index (χ0n) is 48.6. The molecule has 5 nitrogen and oxygen atoms in total. The molecule has 4 aromatic heterocycles. The van der Waals surface area contributed by atoms with Crippen molar-refractivity contribution in [3.63, 3.8) is 0 Å². The number of fused-ring (bicyclic) bond motifs is 10. The molecule has 0 spiro atoms. The van der Waals surface area contributed by atoms with Gasteiger partial charge in [-0.25, -0.2) is 4.98 Å². The summed E-state index contributed by atoms with van der Waals surface area (Å²) >= 11 is 0. The monoisotopic (exact) mass is 1170 g/mol. The van der Waals surface area contributed by atoms with Crippen LogP contribution in [0.5, 0.6) is 0 Å². The zero-order valence-corrected chi connectivity index (χ0v) is 50.6. The summed E-state index contributed by atoms with van der Waals surface area (Å²) in [5, 5.41) is 17.4. The summed E-state index contributed by atoms with van der Waals surface area (Å²) in [5.41, 5.74) is 9.43. The maximum atomic E-state index is 5.96. The van der Waals surface area contributed by atoms with Crippen LogP contribution in [0.25, 0.3) is 94.1 Å². The van der Waals surface area contributed by atoms with Gasteiger partial charge in [-0.05, 0) is 84.0 Å². The lowest BCUT2D eigenvalue weighted by Crippen LogP contribution is -2.74. The van der Waals surface area contributed by atoms with E-state index < -0.39 is 16.1 Å². The van der Waals surface area contributed by atoms with E-state index in [1.54, 1.807) is 0 Å². The van der Waals surface area contributed by atoms with Crippen LogP contribution in [0.3, 0.4) is 0 Å². The fourth-order valence-corrected chi connectivity index (χ4v) is 24.3. The highest BCUT2D eigenvalue weighted by Gasteiger charge is 2.43. The average Bonchev–Trinajstić information content (AvgIpc) is 1.66. The van der Waals surface area contributed by atoms with Gasteiger partial charge < -0.3 is 4.57 Å². The van der Waals surface area contributed by atoms with Crippen LogP contribution in [0.15, 0.2) is 346 Å². The molecule has 17 aromatic rings. The van der Waals surface area contributed by atoms with Gasteiger partial charge in [0, 0.05) is 49.6 Å². The molecule has 89 heavy (non-hydrogen) atoms. The quantitative estimate of drug-likeness (QED) is 0.0903. The molecule has 0 fully saturated rings. The first-order valence-electron chi connectivity index (χ1n) is 30.6. The van der Waals surface area contributed by atoms with Gasteiger partial charge in [0.25, 0.3) is 0 Å². The Bertz CT molecular complexity index is 5270. The summed E-state index contributed by atoms with van der Waals surface area (Å²) < 4.78 is 7.18. The lowest BCUT2D eigenvalue weighted by molar-refractivity contribution is 0.953. The zero-order chi connectivity index (χ0) is 58.9. The highest BCUT2D eigenvalue weighted by molar-refractivity contribution is 7.20. The van der Waals surface area contributed by atoms with E-state index in [1.165, 1.54) is 52.3 Å². The van der Waals surface area contributed by atoms with E-state index in [0.29, 0.717) is 5.95 Å². The van der Waals surface area contributed by atoms with Crippen molar-refractivity contribution >= 4 is 123 Å². The smallest absolute Gasteiger partial charge is 0.237 e. The van der Waals surface area contributed by atoms with Crippen molar-refractivity contribution in [2.75, 3.05) is 0 Å². The van der Waals surface area contributed by atoms with Crippen LogP contribution < -0.4 is 41.5 Å². The lowest BCUT2D eigenvalue weighted by Gasteiger charge is -2.34. The minimum atomic E-state index is -2.99. The highest BCUT2D eigenvalue weighted by Crippen LogP contribution is 2.43. The van der Waals surface area contributed by atoms with Crippen molar-refractivity contribution < 1.29 is 0 Å². The van der Waals surface area contributed by atoms with Crippen molar-refractivity contribution in [1.29, 1.82) is 0 Å². The highest BCUT2D eigenvalue weighted by atomic mass is 28.3. The molecule has 0 saturated carbocycles.